The van der Waals surface area contributed by atoms with Gasteiger partial charge in [0.2, 0.25) is 6.34 Å². The van der Waals surface area contributed by atoms with Gasteiger partial charge in [-0.3, -0.25) is 4.90 Å². The number of carbonyl (C=O) groups is 1. The highest BCUT2D eigenvalue weighted by molar-refractivity contribution is 5.93. The van der Waals surface area contributed by atoms with Crippen LogP contribution in [0.15, 0.2) is 36.3 Å². The van der Waals surface area contributed by atoms with Crippen molar-refractivity contribution in [1.82, 2.24) is 14.9 Å². The number of alkyl halides is 3. The number of anilines is 1. The largest absolute Gasteiger partial charge is 0.417 e. The van der Waals surface area contributed by atoms with Gasteiger partial charge in [-0.1, -0.05) is 6.92 Å². The lowest BCUT2D eigenvalue weighted by Crippen LogP contribution is -2.68. The molecule has 3 heterocycles. The van der Waals surface area contributed by atoms with Gasteiger partial charge in [-0.15, -0.1) is 0 Å². The van der Waals surface area contributed by atoms with Crippen LogP contribution >= 0.6 is 0 Å². The summed E-state index contributed by atoms with van der Waals surface area (Å²) in [7, 11) is 0. The number of nitrogens with zero attached hydrogens (tertiary/aromatic N) is 4. The summed E-state index contributed by atoms with van der Waals surface area (Å²) in [5.41, 5.74) is 2.93. The van der Waals surface area contributed by atoms with Crippen LogP contribution in [0.4, 0.5) is 32.4 Å². The highest BCUT2D eigenvalue weighted by atomic mass is 19.4. The van der Waals surface area contributed by atoms with Crippen LogP contribution in [0.3, 0.4) is 0 Å². The summed E-state index contributed by atoms with van der Waals surface area (Å²) in [4.78, 5) is 21.9. The minimum Gasteiger partial charge on any atom is -0.325 e. The molecule has 8 nitrogen and oxygen atoms in total. The third-order valence-corrected chi connectivity index (χ3v) is 6.56. The van der Waals surface area contributed by atoms with E-state index in [1.165, 1.54) is 15.8 Å². The summed E-state index contributed by atoms with van der Waals surface area (Å²) in [5, 5.41) is 9.97. The van der Waals surface area contributed by atoms with Crippen molar-refractivity contribution in [1.29, 1.82) is 5.41 Å². The lowest BCUT2D eigenvalue weighted by Gasteiger charge is -2.58. The zero-order chi connectivity index (χ0) is 26.4. The zero-order valence-electron chi connectivity index (χ0n) is 19.3. The van der Waals surface area contributed by atoms with Gasteiger partial charge in [-0.25, -0.2) is 28.1 Å². The van der Waals surface area contributed by atoms with Gasteiger partial charge in [0.25, 0.3) is 0 Å². The number of amides is 2. The van der Waals surface area contributed by atoms with Gasteiger partial charge < -0.3 is 11.1 Å². The van der Waals surface area contributed by atoms with Crippen molar-refractivity contribution < 1.29 is 31.3 Å². The number of nitrogens with two attached hydrogens (primary N) is 1. The first kappa shape index (κ1) is 25.2. The maximum atomic E-state index is 14.8. The summed E-state index contributed by atoms with van der Waals surface area (Å²) in [6.07, 6.45) is 1.65. The maximum absolute atomic E-state index is 14.8. The minimum absolute atomic E-state index is 0.215. The molecular formula is C23H23F5N7O+. The van der Waals surface area contributed by atoms with E-state index in [1.54, 1.807) is 6.92 Å². The number of carbonyl (C=O) groups excluding carboxylic acids is 1. The molecule has 2 aliphatic heterocycles. The highest BCUT2D eigenvalue weighted by Gasteiger charge is 2.57. The molecule has 0 unspecified atom stereocenters. The monoisotopic (exact) mass is 508 g/mol. The van der Waals surface area contributed by atoms with Crippen LogP contribution in [0.5, 0.6) is 0 Å². The van der Waals surface area contributed by atoms with Gasteiger partial charge in [0.1, 0.15) is 17.4 Å². The summed E-state index contributed by atoms with van der Waals surface area (Å²) in [6.45, 7) is 3.79. The van der Waals surface area contributed by atoms with E-state index < -0.39 is 58.1 Å². The number of nitrogens with one attached hydrogen (secondary N) is 2. The number of benzene rings is 1. The second kappa shape index (κ2) is 8.95. The third-order valence-electron chi connectivity index (χ3n) is 6.56. The molecule has 3 aliphatic rings. The summed E-state index contributed by atoms with van der Waals surface area (Å²) < 4.78 is 70.3. The molecule has 3 atom stereocenters. The van der Waals surface area contributed by atoms with E-state index in [0.29, 0.717) is 30.9 Å². The quantitative estimate of drug-likeness (QED) is 0.242. The Hall–Kier alpha value is -3.90. The fourth-order valence-electron chi connectivity index (χ4n) is 4.96. The van der Waals surface area contributed by atoms with Gasteiger partial charge in [0.15, 0.2) is 18.0 Å². The SMILES string of the molecule is C[C@H]1CC2=C[C@]([C@@H](C)[N+](C=N)=CN)(C1)N2C(=O)Nc1cc(-c2ncc(F)cn2)c(C(F)(F)F)cc1F. The molecular weight excluding hydrogens is 485 g/mol. The molecule has 1 fully saturated rings. The number of rotatable bonds is 5. The summed E-state index contributed by atoms with van der Waals surface area (Å²) in [5.74, 6) is -2.44. The van der Waals surface area contributed by atoms with E-state index in [-0.39, 0.29) is 12.0 Å². The maximum Gasteiger partial charge on any atom is 0.417 e. The Morgan fingerprint density at radius 3 is 2.58 bits per heavy atom. The smallest absolute Gasteiger partial charge is 0.325 e. The van der Waals surface area contributed by atoms with Crippen molar-refractivity contribution in [2.24, 2.45) is 11.7 Å². The molecule has 5 rings (SSSR count). The first-order valence-corrected chi connectivity index (χ1v) is 11.0. The average Bonchev–Trinajstić information content (AvgIpc) is 2.80. The molecule has 1 aromatic carbocycles. The van der Waals surface area contributed by atoms with Gasteiger partial charge in [-0.05, 0) is 43.9 Å². The van der Waals surface area contributed by atoms with Crippen molar-refractivity contribution in [2.75, 3.05) is 5.32 Å². The van der Waals surface area contributed by atoms with Crippen molar-refractivity contribution in [3.05, 3.63) is 53.5 Å². The van der Waals surface area contributed by atoms with Crippen molar-refractivity contribution in [2.45, 2.75) is 44.4 Å². The van der Waals surface area contributed by atoms with Crippen LogP contribution in [0.25, 0.3) is 11.4 Å². The number of allylic oxidation sites excluding steroid dienone is 1. The molecule has 1 saturated heterocycles. The standard InChI is InChI=1S/C23H22F5N7O/c1-12-3-15-7-22(6-12,13(2)34(10-29)11-30)35(15)21(36)33-19-4-16(20-31-8-14(24)9-32-20)17(5-18(19)25)23(26,27)28/h4-5,7-13,29-30H,3,6H2,1-2H3,(H,33,36)/p+1/t12-,13+,22-/m0/s1. The number of halogens is 5. The van der Waals surface area contributed by atoms with Crippen LogP contribution in [-0.4, -0.2) is 49.7 Å². The second-order valence-corrected chi connectivity index (χ2v) is 8.91. The van der Waals surface area contributed by atoms with Crippen molar-refractivity contribution >= 4 is 24.4 Å². The van der Waals surface area contributed by atoms with E-state index in [9.17, 15) is 26.7 Å². The van der Waals surface area contributed by atoms with E-state index >= 15 is 0 Å². The van der Waals surface area contributed by atoms with Gasteiger partial charge in [0, 0.05) is 11.3 Å². The first-order chi connectivity index (χ1) is 16.9. The molecule has 0 radical (unpaired) electrons. The summed E-state index contributed by atoms with van der Waals surface area (Å²) >= 11 is 0. The Morgan fingerprint density at radius 2 is 2.00 bits per heavy atom. The Morgan fingerprint density at radius 1 is 1.33 bits per heavy atom. The van der Waals surface area contributed by atoms with Gasteiger partial charge in [-0.2, -0.15) is 18.6 Å². The number of fused-ring (bicyclic) bond motifs is 2. The van der Waals surface area contributed by atoms with Crippen LogP contribution in [0.1, 0.15) is 32.3 Å². The number of hydrogen-bond acceptors (Lipinski definition) is 4. The van der Waals surface area contributed by atoms with Crippen LogP contribution < -0.4 is 11.1 Å². The molecule has 2 aromatic rings. The van der Waals surface area contributed by atoms with Crippen LogP contribution in [0.2, 0.25) is 0 Å². The van der Waals surface area contributed by atoms with Gasteiger partial charge >= 0.3 is 12.2 Å². The molecule has 1 aliphatic carbocycles. The van der Waals surface area contributed by atoms with E-state index in [0.717, 1.165) is 12.4 Å². The minimum atomic E-state index is -4.96. The number of hydrogen-bond donors (Lipinski definition) is 3. The zero-order valence-corrected chi connectivity index (χ0v) is 19.3. The van der Waals surface area contributed by atoms with Crippen LogP contribution in [-0.2, 0) is 6.18 Å². The molecule has 1 aromatic heterocycles. The van der Waals surface area contributed by atoms with Gasteiger partial charge in [0.05, 0.1) is 23.6 Å². The first-order valence-electron chi connectivity index (χ1n) is 11.0. The predicted octanol–water partition coefficient (Wildman–Crippen LogP) is 4.34. The molecule has 190 valence electrons. The van der Waals surface area contributed by atoms with Crippen molar-refractivity contribution in [3.8, 4) is 11.4 Å². The normalized spacial score (nSPS) is 22.4. The lowest BCUT2D eigenvalue weighted by atomic mass is 9.68. The van der Waals surface area contributed by atoms with Crippen LogP contribution in [0, 0.1) is 23.0 Å². The molecule has 0 saturated carbocycles. The number of urea groups is 1. The molecule has 36 heavy (non-hydrogen) atoms. The Labute approximate surface area is 202 Å². The average molecular weight is 508 g/mol. The molecule has 0 spiro atoms. The van der Waals surface area contributed by atoms with E-state index in [4.69, 9.17) is 11.1 Å². The third kappa shape index (κ3) is 4.18. The number of aromatic nitrogens is 2. The van der Waals surface area contributed by atoms with E-state index in [2.05, 4.69) is 15.3 Å². The molecule has 4 N–H and O–H groups in total. The number of piperidine rings is 1. The van der Waals surface area contributed by atoms with E-state index in [1.807, 2.05) is 13.0 Å². The lowest BCUT2D eigenvalue weighted by molar-refractivity contribution is -0.458. The highest BCUT2D eigenvalue weighted by Crippen LogP contribution is 2.50. The predicted molar refractivity (Wildman–Crippen MR) is 121 cm³/mol. The topological polar surface area (TPSA) is 111 Å². The fourth-order valence-corrected chi connectivity index (χ4v) is 4.96. The summed E-state index contributed by atoms with van der Waals surface area (Å²) in [6, 6.07) is -0.173. The Balaban J connectivity index is 1.72. The second-order valence-electron chi connectivity index (χ2n) is 8.91. The molecule has 13 heteroatoms. The van der Waals surface area contributed by atoms with Crippen molar-refractivity contribution in [3.63, 3.8) is 0 Å². The molecule has 2 amide bonds. The Bertz CT molecular complexity index is 1270. The fraction of sp³-hybridized carbons (Fsp3) is 0.348. The molecule has 2 bridgehead atoms. The Kier molecular flexibility index (Phi) is 6.27.